The van der Waals surface area contributed by atoms with Crippen molar-refractivity contribution < 1.29 is 14.4 Å². The summed E-state index contributed by atoms with van der Waals surface area (Å²) >= 11 is 5.84. The molecule has 1 saturated heterocycles. The quantitative estimate of drug-likeness (QED) is 0.663. The summed E-state index contributed by atoms with van der Waals surface area (Å²) in [6, 6.07) is 11.1. The van der Waals surface area contributed by atoms with E-state index in [4.69, 9.17) is 11.6 Å². The van der Waals surface area contributed by atoms with Crippen LogP contribution in [-0.4, -0.2) is 24.1 Å². The molecular formula is C19H16ClN3O3. The lowest BCUT2D eigenvalue weighted by molar-refractivity contribution is -0.131. The van der Waals surface area contributed by atoms with Gasteiger partial charge in [0.1, 0.15) is 0 Å². The van der Waals surface area contributed by atoms with Crippen molar-refractivity contribution in [3.63, 3.8) is 0 Å². The molecule has 1 aliphatic heterocycles. The van der Waals surface area contributed by atoms with E-state index >= 15 is 0 Å². The SMILES string of the molecule is Cc1ccc(N=C[C@@H]2C(=O)NC(=O)N(c3ccc(Cl)cc3)C2=O)c(C)c1. The van der Waals surface area contributed by atoms with Crippen LogP contribution in [0.2, 0.25) is 5.02 Å². The van der Waals surface area contributed by atoms with Crippen molar-refractivity contribution in [1.29, 1.82) is 0 Å². The number of aryl methyl sites for hydroxylation is 2. The van der Waals surface area contributed by atoms with E-state index in [2.05, 4.69) is 10.3 Å². The second kappa shape index (κ2) is 7.09. The van der Waals surface area contributed by atoms with Gasteiger partial charge in [-0.3, -0.25) is 19.9 Å². The van der Waals surface area contributed by atoms with Crippen LogP contribution in [0, 0.1) is 19.8 Å². The minimum absolute atomic E-state index is 0.328. The molecule has 1 aliphatic rings. The summed E-state index contributed by atoms with van der Waals surface area (Å²) in [6.45, 7) is 3.86. The number of aliphatic imine (C=N–C) groups is 1. The average Bonchev–Trinajstić information content (AvgIpc) is 2.57. The highest BCUT2D eigenvalue weighted by Crippen LogP contribution is 2.23. The molecule has 7 heteroatoms. The number of imide groups is 2. The Morgan fingerprint density at radius 2 is 1.77 bits per heavy atom. The van der Waals surface area contributed by atoms with Gasteiger partial charge in [0.15, 0.2) is 5.92 Å². The lowest BCUT2D eigenvalue weighted by Gasteiger charge is -2.28. The number of carbonyl (C=O) groups is 3. The Kier molecular flexibility index (Phi) is 4.86. The summed E-state index contributed by atoms with van der Waals surface area (Å²) in [4.78, 5) is 42.1. The van der Waals surface area contributed by atoms with Crippen LogP contribution >= 0.6 is 11.6 Å². The summed E-state index contributed by atoms with van der Waals surface area (Å²) in [5, 5.41) is 2.66. The van der Waals surface area contributed by atoms with E-state index in [0.29, 0.717) is 16.4 Å². The van der Waals surface area contributed by atoms with Gasteiger partial charge in [0.05, 0.1) is 11.4 Å². The van der Waals surface area contributed by atoms with E-state index in [1.165, 1.54) is 18.3 Å². The average molecular weight is 370 g/mol. The molecule has 4 amide bonds. The van der Waals surface area contributed by atoms with E-state index in [1.807, 2.05) is 32.0 Å². The molecule has 0 bridgehead atoms. The Morgan fingerprint density at radius 1 is 1.08 bits per heavy atom. The second-order valence-electron chi connectivity index (χ2n) is 5.99. The van der Waals surface area contributed by atoms with Crippen LogP contribution in [0.25, 0.3) is 0 Å². The van der Waals surface area contributed by atoms with Crippen LogP contribution in [0.4, 0.5) is 16.2 Å². The molecule has 2 aromatic rings. The molecule has 0 radical (unpaired) electrons. The molecular weight excluding hydrogens is 354 g/mol. The first-order valence-corrected chi connectivity index (χ1v) is 8.30. The highest BCUT2D eigenvalue weighted by atomic mass is 35.5. The number of hydrogen-bond acceptors (Lipinski definition) is 4. The molecule has 0 aromatic heterocycles. The third kappa shape index (κ3) is 3.50. The van der Waals surface area contributed by atoms with Crippen LogP contribution in [-0.2, 0) is 9.59 Å². The summed E-state index contributed by atoms with van der Waals surface area (Å²) < 4.78 is 0. The Hall–Kier alpha value is -2.99. The summed E-state index contributed by atoms with van der Waals surface area (Å²) in [6.07, 6.45) is 1.27. The fraction of sp³-hybridized carbons (Fsp3) is 0.158. The smallest absolute Gasteiger partial charge is 0.276 e. The first-order valence-electron chi connectivity index (χ1n) is 7.92. The van der Waals surface area contributed by atoms with Crippen LogP contribution < -0.4 is 10.2 Å². The van der Waals surface area contributed by atoms with Crippen LogP contribution in [0.3, 0.4) is 0 Å². The second-order valence-corrected chi connectivity index (χ2v) is 6.43. The van der Waals surface area contributed by atoms with E-state index in [-0.39, 0.29) is 0 Å². The molecule has 0 spiro atoms. The summed E-state index contributed by atoms with van der Waals surface area (Å²) in [5.74, 6) is -2.54. The maximum absolute atomic E-state index is 12.7. The molecule has 0 unspecified atom stereocenters. The predicted molar refractivity (Wildman–Crippen MR) is 100 cm³/mol. The molecule has 1 heterocycles. The lowest BCUT2D eigenvalue weighted by Crippen LogP contribution is -2.58. The topological polar surface area (TPSA) is 78.8 Å². The van der Waals surface area contributed by atoms with Crippen molar-refractivity contribution in [2.75, 3.05) is 4.90 Å². The van der Waals surface area contributed by atoms with Crippen LogP contribution in [0.5, 0.6) is 0 Å². The van der Waals surface area contributed by atoms with Gasteiger partial charge in [0.2, 0.25) is 5.91 Å². The summed E-state index contributed by atoms with van der Waals surface area (Å²) in [7, 11) is 0. The number of halogens is 1. The van der Waals surface area contributed by atoms with Crippen molar-refractivity contribution in [3.8, 4) is 0 Å². The molecule has 1 fully saturated rings. The van der Waals surface area contributed by atoms with E-state index < -0.39 is 23.8 Å². The zero-order valence-corrected chi connectivity index (χ0v) is 14.9. The van der Waals surface area contributed by atoms with E-state index in [0.717, 1.165) is 16.0 Å². The van der Waals surface area contributed by atoms with Gasteiger partial charge in [-0.05, 0) is 49.7 Å². The van der Waals surface area contributed by atoms with Gasteiger partial charge in [0, 0.05) is 11.2 Å². The van der Waals surface area contributed by atoms with Crippen molar-refractivity contribution in [3.05, 3.63) is 58.6 Å². The number of benzene rings is 2. The molecule has 2 aromatic carbocycles. The molecule has 1 atom stereocenters. The van der Waals surface area contributed by atoms with Gasteiger partial charge in [-0.2, -0.15) is 0 Å². The maximum atomic E-state index is 12.7. The Labute approximate surface area is 155 Å². The first-order chi connectivity index (χ1) is 12.4. The van der Waals surface area contributed by atoms with Crippen molar-refractivity contribution >= 4 is 47.0 Å². The highest BCUT2D eigenvalue weighted by Gasteiger charge is 2.40. The molecule has 1 N–H and O–H groups in total. The van der Waals surface area contributed by atoms with Gasteiger partial charge in [-0.1, -0.05) is 29.3 Å². The van der Waals surface area contributed by atoms with E-state index in [1.54, 1.807) is 12.1 Å². The van der Waals surface area contributed by atoms with Crippen molar-refractivity contribution in [1.82, 2.24) is 5.32 Å². The number of hydrogen-bond donors (Lipinski definition) is 1. The normalized spacial score (nSPS) is 17.7. The number of rotatable bonds is 3. The lowest BCUT2D eigenvalue weighted by atomic mass is 10.1. The molecule has 132 valence electrons. The minimum atomic E-state index is -1.19. The Morgan fingerprint density at radius 3 is 2.42 bits per heavy atom. The van der Waals surface area contributed by atoms with Gasteiger partial charge < -0.3 is 0 Å². The van der Waals surface area contributed by atoms with Gasteiger partial charge >= 0.3 is 6.03 Å². The molecule has 3 rings (SSSR count). The number of amides is 4. The number of urea groups is 1. The molecule has 0 saturated carbocycles. The third-order valence-electron chi connectivity index (χ3n) is 4.00. The minimum Gasteiger partial charge on any atom is -0.276 e. The number of nitrogens with one attached hydrogen (secondary N) is 1. The number of barbiturate groups is 1. The van der Waals surface area contributed by atoms with Crippen molar-refractivity contribution in [2.45, 2.75) is 13.8 Å². The largest absolute Gasteiger partial charge is 0.335 e. The standard InChI is InChI=1S/C19H16ClN3O3/c1-11-3-8-16(12(2)9-11)21-10-15-17(24)22-19(26)23(18(15)25)14-6-4-13(20)5-7-14/h3-10,15H,1-2H3,(H,22,24,26)/t15-/m1/s1. The van der Waals surface area contributed by atoms with Crippen LogP contribution in [0.1, 0.15) is 11.1 Å². The number of nitrogens with zero attached hydrogens (tertiary/aromatic N) is 2. The van der Waals surface area contributed by atoms with Gasteiger partial charge in [-0.25, -0.2) is 9.69 Å². The highest BCUT2D eigenvalue weighted by molar-refractivity contribution is 6.33. The fourth-order valence-corrected chi connectivity index (χ4v) is 2.79. The Bertz CT molecular complexity index is 922. The maximum Gasteiger partial charge on any atom is 0.335 e. The number of carbonyl (C=O) groups excluding carboxylic acids is 3. The van der Waals surface area contributed by atoms with Crippen LogP contribution in [0.15, 0.2) is 47.5 Å². The number of anilines is 1. The van der Waals surface area contributed by atoms with E-state index in [9.17, 15) is 14.4 Å². The molecule has 26 heavy (non-hydrogen) atoms. The summed E-state index contributed by atoms with van der Waals surface area (Å²) in [5.41, 5.74) is 3.00. The molecule has 0 aliphatic carbocycles. The third-order valence-corrected chi connectivity index (χ3v) is 4.25. The monoisotopic (exact) mass is 369 g/mol. The first kappa shape index (κ1) is 17.8. The van der Waals surface area contributed by atoms with Gasteiger partial charge in [-0.15, -0.1) is 0 Å². The zero-order valence-electron chi connectivity index (χ0n) is 14.2. The zero-order chi connectivity index (χ0) is 18.8. The fourth-order valence-electron chi connectivity index (χ4n) is 2.66. The van der Waals surface area contributed by atoms with Gasteiger partial charge in [0.25, 0.3) is 5.91 Å². The molecule has 6 nitrogen and oxygen atoms in total. The predicted octanol–water partition coefficient (Wildman–Crippen LogP) is 3.56. The van der Waals surface area contributed by atoms with Crippen molar-refractivity contribution in [2.24, 2.45) is 10.9 Å². The Balaban J connectivity index is 1.90.